The number of carbonyl (C=O) groups is 2. The summed E-state index contributed by atoms with van der Waals surface area (Å²) < 4.78 is 0. The molecule has 2 rings (SSSR count). The van der Waals surface area contributed by atoms with Crippen molar-refractivity contribution in [2.24, 2.45) is 0 Å². The third kappa shape index (κ3) is 3.18. The van der Waals surface area contributed by atoms with Crippen LogP contribution in [0.4, 0.5) is 0 Å². The molecule has 1 amide bonds. The van der Waals surface area contributed by atoms with Crippen LogP contribution in [-0.4, -0.2) is 17.0 Å². The maximum Gasteiger partial charge on any atom is 0.335 e. The van der Waals surface area contributed by atoms with Crippen molar-refractivity contribution in [2.75, 3.05) is 0 Å². The number of aromatic carboxylic acids is 1. The van der Waals surface area contributed by atoms with Gasteiger partial charge in [0.05, 0.1) is 10.6 Å². The Balaban J connectivity index is 2.00. The van der Waals surface area contributed by atoms with Crippen LogP contribution in [0.25, 0.3) is 0 Å². The highest BCUT2D eigenvalue weighted by atomic mass is 35.5. The first-order chi connectivity index (χ1) is 9.49. The van der Waals surface area contributed by atoms with Crippen molar-refractivity contribution in [1.29, 1.82) is 0 Å². The molecule has 104 valence electrons. The predicted molar refractivity (Wildman–Crippen MR) is 78.6 cm³/mol. The van der Waals surface area contributed by atoms with Crippen LogP contribution in [0.3, 0.4) is 0 Å². The molecule has 2 N–H and O–H groups in total. The molecule has 0 bridgehead atoms. The fraction of sp³-hybridized carbons (Fsp3) is 0.143. The second-order valence-electron chi connectivity index (χ2n) is 4.25. The number of hydrogen-bond acceptors (Lipinski definition) is 3. The molecule has 0 radical (unpaired) electrons. The number of amides is 1. The van der Waals surface area contributed by atoms with Gasteiger partial charge in [0.1, 0.15) is 4.88 Å². The molecule has 2 aromatic rings. The van der Waals surface area contributed by atoms with Gasteiger partial charge in [-0.2, -0.15) is 0 Å². The van der Waals surface area contributed by atoms with E-state index in [2.05, 4.69) is 5.32 Å². The third-order valence-corrected chi connectivity index (χ3v) is 4.46. The van der Waals surface area contributed by atoms with E-state index < -0.39 is 5.97 Å². The molecule has 0 atom stereocenters. The maximum atomic E-state index is 11.9. The summed E-state index contributed by atoms with van der Waals surface area (Å²) in [7, 11) is 0. The largest absolute Gasteiger partial charge is 0.478 e. The lowest BCUT2D eigenvalue weighted by atomic mass is 10.1. The number of halogens is 1. The van der Waals surface area contributed by atoms with Crippen LogP contribution in [0.1, 0.15) is 31.2 Å². The van der Waals surface area contributed by atoms with Gasteiger partial charge < -0.3 is 10.4 Å². The van der Waals surface area contributed by atoms with E-state index in [0.29, 0.717) is 16.4 Å². The van der Waals surface area contributed by atoms with E-state index in [-0.39, 0.29) is 11.5 Å². The van der Waals surface area contributed by atoms with Gasteiger partial charge in [-0.3, -0.25) is 4.79 Å². The van der Waals surface area contributed by atoms with Crippen LogP contribution in [-0.2, 0) is 6.54 Å². The molecule has 0 saturated heterocycles. The van der Waals surface area contributed by atoms with Crippen LogP contribution in [0.15, 0.2) is 29.6 Å². The van der Waals surface area contributed by atoms with Crippen LogP contribution in [0, 0.1) is 6.92 Å². The molecule has 1 aromatic carbocycles. The maximum absolute atomic E-state index is 11.9. The molecule has 0 saturated carbocycles. The molecule has 0 unspecified atom stereocenters. The van der Waals surface area contributed by atoms with Crippen molar-refractivity contribution in [3.63, 3.8) is 0 Å². The highest BCUT2D eigenvalue weighted by Gasteiger charge is 2.14. The van der Waals surface area contributed by atoms with E-state index in [1.165, 1.54) is 23.5 Å². The molecule has 4 nitrogen and oxygen atoms in total. The van der Waals surface area contributed by atoms with Crippen LogP contribution < -0.4 is 5.32 Å². The number of rotatable bonds is 4. The number of aryl methyl sites for hydroxylation is 1. The average molecular weight is 310 g/mol. The predicted octanol–water partition coefficient (Wildman–Crippen LogP) is 3.34. The molecule has 0 aliphatic rings. The van der Waals surface area contributed by atoms with Crippen molar-refractivity contribution in [2.45, 2.75) is 13.5 Å². The summed E-state index contributed by atoms with van der Waals surface area (Å²) in [6.07, 6.45) is 0. The van der Waals surface area contributed by atoms with Gasteiger partial charge in [-0.15, -0.1) is 11.3 Å². The Morgan fingerprint density at radius 3 is 2.45 bits per heavy atom. The average Bonchev–Trinajstić information content (AvgIpc) is 2.77. The molecule has 0 aliphatic heterocycles. The summed E-state index contributed by atoms with van der Waals surface area (Å²) in [5.41, 5.74) is 1.93. The van der Waals surface area contributed by atoms with E-state index in [4.69, 9.17) is 16.7 Å². The summed E-state index contributed by atoms with van der Waals surface area (Å²) in [6.45, 7) is 2.17. The minimum absolute atomic E-state index is 0.219. The molecule has 1 heterocycles. The normalized spacial score (nSPS) is 10.3. The Labute approximate surface area is 125 Å². The third-order valence-electron chi connectivity index (χ3n) is 2.76. The van der Waals surface area contributed by atoms with E-state index >= 15 is 0 Å². The Morgan fingerprint density at radius 2 is 1.95 bits per heavy atom. The van der Waals surface area contributed by atoms with E-state index in [1.807, 2.05) is 12.3 Å². The summed E-state index contributed by atoms with van der Waals surface area (Å²) in [6, 6.07) is 6.36. The summed E-state index contributed by atoms with van der Waals surface area (Å²) in [4.78, 5) is 23.2. The Hall–Kier alpha value is -1.85. The molecule has 0 spiro atoms. The minimum atomic E-state index is -0.971. The van der Waals surface area contributed by atoms with Gasteiger partial charge >= 0.3 is 5.97 Å². The summed E-state index contributed by atoms with van der Waals surface area (Å²) in [5, 5.41) is 13.9. The standard InChI is InChI=1S/C14H12ClNO3S/c1-8-7-20-12(11(8)15)13(17)16-6-9-2-4-10(5-3-9)14(18)19/h2-5,7H,6H2,1H3,(H,16,17)(H,18,19). The molecule has 20 heavy (non-hydrogen) atoms. The molecule has 6 heteroatoms. The monoisotopic (exact) mass is 309 g/mol. The lowest BCUT2D eigenvalue weighted by Gasteiger charge is -2.05. The number of carboxylic acids is 1. The molecule has 0 fully saturated rings. The van der Waals surface area contributed by atoms with Crippen molar-refractivity contribution in [3.8, 4) is 0 Å². The van der Waals surface area contributed by atoms with Crippen molar-refractivity contribution in [3.05, 3.63) is 56.2 Å². The summed E-state index contributed by atoms with van der Waals surface area (Å²) in [5.74, 6) is -1.20. The van der Waals surface area contributed by atoms with Gasteiger partial charge in [-0.05, 0) is 35.6 Å². The Kier molecular flexibility index (Phi) is 4.42. The SMILES string of the molecule is Cc1csc(C(=O)NCc2ccc(C(=O)O)cc2)c1Cl. The lowest BCUT2D eigenvalue weighted by Crippen LogP contribution is -2.22. The fourth-order valence-corrected chi connectivity index (χ4v) is 2.81. The fourth-order valence-electron chi connectivity index (χ4n) is 1.61. The highest BCUT2D eigenvalue weighted by molar-refractivity contribution is 7.13. The number of carboxylic acid groups (broad SMARTS) is 1. The van der Waals surface area contributed by atoms with Gasteiger partial charge in [0.15, 0.2) is 0 Å². The van der Waals surface area contributed by atoms with Crippen LogP contribution in [0.2, 0.25) is 5.02 Å². The zero-order valence-corrected chi connectivity index (χ0v) is 12.2. The van der Waals surface area contributed by atoms with E-state index in [0.717, 1.165) is 11.1 Å². The molecule has 0 aliphatic carbocycles. The van der Waals surface area contributed by atoms with Gasteiger partial charge in [0.2, 0.25) is 0 Å². The van der Waals surface area contributed by atoms with Crippen molar-refractivity contribution < 1.29 is 14.7 Å². The highest BCUT2D eigenvalue weighted by Crippen LogP contribution is 2.26. The quantitative estimate of drug-likeness (QED) is 0.910. The van der Waals surface area contributed by atoms with Crippen LogP contribution >= 0.6 is 22.9 Å². The number of thiophene rings is 1. The number of benzene rings is 1. The van der Waals surface area contributed by atoms with Crippen molar-refractivity contribution in [1.82, 2.24) is 5.32 Å². The zero-order chi connectivity index (χ0) is 14.7. The number of carbonyl (C=O) groups excluding carboxylic acids is 1. The first-order valence-electron chi connectivity index (χ1n) is 5.83. The van der Waals surface area contributed by atoms with Gasteiger partial charge in [-0.1, -0.05) is 23.7 Å². The topological polar surface area (TPSA) is 66.4 Å². The van der Waals surface area contributed by atoms with Gasteiger partial charge in [0, 0.05) is 6.54 Å². The second-order valence-corrected chi connectivity index (χ2v) is 5.50. The smallest absolute Gasteiger partial charge is 0.335 e. The summed E-state index contributed by atoms with van der Waals surface area (Å²) >= 11 is 7.33. The molecule has 1 aromatic heterocycles. The van der Waals surface area contributed by atoms with Crippen LogP contribution in [0.5, 0.6) is 0 Å². The zero-order valence-electron chi connectivity index (χ0n) is 10.6. The Bertz CT molecular complexity index is 649. The van der Waals surface area contributed by atoms with Gasteiger partial charge in [0.25, 0.3) is 5.91 Å². The first-order valence-corrected chi connectivity index (χ1v) is 7.09. The van der Waals surface area contributed by atoms with Crippen molar-refractivity contribution >= 4 is 34.8 Å². The molecular weight excluding hydrogens is 298 g/mol. The molecular formula is C14H12ClNO3S. The minimum Gasteiger partial charge on any atom is -0.478 e. The van der Waals surface area contributed by atoms with E-state index in [1.54, 1.807) is 12.1 Å². The first kappa shape index (κ1) is 14.6. The number of nitrogens with one attached hydrogen (secondary N) is 1. The lowest BCUT2D eigenvalue weighted by molar-refractivity contribution is 0.0696. The second kappa shape index (κ2) is 6.07. The Morgan fingerprint density at radius 1 is 1.30 bits per heavy atom. The van der Waals surface area contributed by atoms with Gasteiger partial charge in [-0.25, -0.2) is 4.79 Å². The van der Waals surface area contributed by atoms with E-state index in [9.17, 15) is 9.59 Å². The number of hydrogen-bond donors (Lipinski definition) is 2.